The molecule has 5 heteroatoms. The van der Waals surface area contributed by atoms with Gasteiger partial charge >= 0.3 is 0 Å². The van der Waals surface area contributed by atoms with Crippen molar-refractivity contribution in [2.75, 3.05) is 18.0 Å². The highest BCUT2D eigenvalue weighted by Gasteiger charge is 2.23. The van der Waals surface area contributed by atoms with E-state index in [9.17, 15) is 0 Å². The van der Waals surface area contributed by atoms with Gasteiger partial charge in [-0.1, -0.05) is 0 Å². The number of aromatic nitrogens is 2. The van der Waals surface area contributed by atoms with Gasteiger partial charge in [0.25, 0.3) is 0 Å². The first-order chi connectivity index (χ1) is 9.38. The van der Waals surface area contributed by atoms with E-state index >= 15 is 0 Å². The number of anilines is 1. The minimum absolute atomic E-state index is 0.427. The molecule has 3 rings (SSSR count). The number of nitrogens with zero attached hydrogens (tertiary/aromatic N) is 4. The van der Waals surface area contributed by atoms with Crippen LogP contribution in [0.5, 0.6) is 0 Å². The molecule has 4 nitrogen and oxygen atoms in total. The fourth-order valence-corrected chi connectivity index (χ4v) is 3.32. The fourth-order valence-electron chi connectivity index (χ4n) is 2.57. The molecule has 1 fully saturated rings. The minimum atomic E-state index is 0.427. The monoisotopic (exact) mass is 270 g/mol. The lowest BCUT2D eigenvalue weighted by atomic mass is 9.91. The van der Waals surface area contributed by atoms with Gasteiger partial charge in [0.05, 0.1) is 0 Å². The zero-order valence-corrected chi connectivity index (χ0v) is 11.3. The van der Waals surface area contributed by atoms with E-state index in [2.05, 4.69) is 37.8 Å². The first-order valence-corrected chi connectivity index (χ1v) is 7.31. The molecule has 0 amide bonds. The Bertz CT molecular complexity index is 580. The van der Waals surface area contributed by atoms with Gasteiger partial charge in [0.1, 0.15) is 6.07 Å². The number of piperidine rings is 1. The number of hydrogen-bond acceptors (Lipinski definition) is 5. The van der Waals surface area contributed by atoms with Gasteiger partial charge in [-0.2, -0.15) is 16.6 Å². The van der Waals surface area contributed by atoms with E-state index in [0.29, 0.717) is 11.6 Å². The van der Waals surface area contributed by atoms with Crippen molar-refractivity contribution >= 4 is 17.2 Å². The van der Waals surface area contributed by atoms with E-state index < -0.39 is 0 Å². The maximum atomic E-state index is 9.07. The maximum Gasteiger partial charge on any atom is 0.183 e. The molecule has 0 saturated carbocycles. The number of hydrogen-bond donors (Lipinski definition) is 0. The summed E-state index contributed by atoms with van der Waals surface area (Å²) in [5.41, 5.74) is 1.88. The Balaban J connectivity index is 1.72. The summed E-state index contributed by atoms with van der Waals surface area (Å²) in [5.74, 6) is 1.37. The standard InChI is InChI=1S/C14H14N4S/c15-9-13-14(17-5-4-16-13)18-6-1-11(2-7-18)12-3-8-19-10-12/h3-5,8,10-11H,1-2,6-7H2. The Hall–Kier alpha value is -1.93. The third-order valence-electron chi connectivity index (χ3n) is 3.59. The normalized spacial score (nSPS) is 16.3. The third kappa shape index (κ3) is 2.45. The molecule has 1 aliphatic heterocycles. The van der Waals surface area contributed by atoms with Gasteiger partial charge < -0.3 is 4.90 Å². The molecule has 1 saturated heterocycles. The zero-order valence-electron chi connectivity index (χ0n) is 10.5. The van der Waals surface area contributed by atoms with Crippen LogP contribution in [-0.2, 0) is 0 Å². The number of nitriles is 1. The summed E-state index contributed by atoms with van der Waals surface area (Å²) in [6.07, 6.45) is 5.44. The van der Waals surface area contributed by atoms with Crippen LogP contribution < -0.4 is 4.90 Å². The molecular formula is C14H14N4S. The molecule has 19 heavy (non-hydrogen) atoms. The lowest BCUT2D eigenvalue weighted by Crippen LogP contribution is -2.34. The number of thiophene rings is 1. The molecule has 0 unspecified atom stereocenters. The molecule has 2 aromatic rings. The summed E-state index contributed by atoms with van der Waals surface area (Å²) in [7, 11) is 0. The molecule has 0 spiro atoms. The van der Waals surface area contributed by atoms with Crippen LogP contribution in [0.15, 0.2) is 29.2 Å². The van der Waals surface area contributed by atoms with Crippen LogP contribution in [0.3, 0.4) is 0 Å². The van der Waals surface area contributed by atoms with Gasteiger partial charge in [-0.15, -0.1) is 0 Å². The molecule has 0 bridgehead atoms. The van der Waals surface area contributed by atoms with Gasteiger partial charge in [-0.25, -0.2) is 9.97 Å². The predicted molar refractivity (Wildman–Crippen MR) is 75.3 cm³/mol. The van der Waals surface area contributed by atoms with Gasteiger partial charge in [0.15, 0.2) is 11.5 Å². The molecular weight excluding hydrogens is 256 g/mol. The van der Waals surface area contributed by atoms with Crippen molar-refractivity contribution in [1.82, 2.24) is 9.97 Å². The maximum absolute atomic E-state index is 9.07. The second-order valence-electron chi connectivity index (χ2n) is 4.66. The molecule has 2 aromatic heterocycles. The van der Waals surface area contributed by atoms with Gasteiger partial charge in [-0.05, 0) is 41.1 Å². The molecule has 0 N–H and O–H groups in total. The minimum Gasteiger partial charge on any atom is -0.354 e. The highest BCUT2D eigenvalue weighted by atomic mass is 32.1. The highest BCUT2D eigenvalue weighted by Crippen LogP contribution is 2.31. The van der Waals surface area contributed by atoms with E-state index in [1.165, 1.54) is 5.56 Å². The topological polar surface area (TPSA) is 52.8 Å². The van der Waals surface area contributed by atoms with Crippen LogP contribution in [-0.4, -0.2) is 23.1 Å². The summed E-state index contributed by atoms with van der Waals surface area (Å²) >= 11 is 1.76. The summed E-state index contributed by atoms with van der Waals surface area (Å²) in [5, 5.41) is 13.5. The van der Waals surface area contributed by atoms with Gasteiger partial charge in [0.2, 0.25) is 0 Å². The van der Waals surface area contributed by atoms with Crippen LogP contribution in [0.25, 0.3) is 0 Å². The average molecular weight is 270 g/mol. The second kappa shape index (κ2) is 5.37. The van der Waals surface area contributed by atoms with Crippen LogP contribution >= 0.6 is 11.3 Å². The van der Waals surface area contributed by atoms with E-state index in [1.807, 2.05) is 0 Å². The Morgan fingerprint density at radius 1 is 1.26 bits per heavy atom. The van der Waals surface area contributed by atoms with Crippen molar-refractivity contribution in [3.8, 4) is 6.07 Å². The highest BCUT2D eigenvalue weighted by molar-refractivity contribution is 7.07. The van der Waals surface area contributed by atoms with Gasteiger partial charge in [0, 0.05) is 25.5 Å². The molecule has 96 valence electrons. The Kier molecular flexibility index (Phi) is 3.43. The Morgan fingerprint density at radius 3 is 2.74 bits per heavy atom. The Morgan fingerprint density at radius 2 is 2.05 bits per heavy atom. The lowest BCUT2D eigenvalue weighted by Gasteiger charge is -2.32. The number of rotatable bonds is 2. The van der Waals surface area contributed by atoms with Crippen LogP contribution in [0.1, 0.15) is 30.0 Å². The molecule has 0 aliphatic carbocycles. The molecule has 0 aromatic carbocycles. The van der Waals surface area contributed by atoms with Crippen molar-refractivity contribution in [2.45, 2.75) is 18.8 Å². The van der Waals surface area contributed by atoms with E-state index in [4.69, 9.17) is 5.26 Å². The third-order valence-corrected chi connectivity index (χ3v) is 4.30. The zero-order chi connectivity index (χ0) is 13.1. The largest absolute Gasteiger partial charge is 0.354 e. The SMILES string of the molecule is N#Cc1nccnc1N1CCC(c2ccsc2)CC1. The second-order valence-corrected chi connectivity index (χ2v) is 5.44. The predicted octanol–water partition coefficient (Wildman–Crippen LogP) is 2.79. The van der Waals surface area contributed by atoms with Crippen molar-refractivity contribution in [1.29, 1.82) is 5.26 Å². The lowest BCUT2D eigenvalue weighted by molar-refractivity contribution is 0.503. The first kappa shape index (κ1) is 12.1. The summed E-state index contributed by atoms with van der Waals surface area (Å²) in [4.78, 5) is 10.6. The fraction of sp³-hybridized carbons (Fsp3) is 0.357. The van der Waals surface area contributed by atoms with Crippen molar-refractivity contribution < 1.29 is 0 Å². The smallest absolute Gasteiger partial charge is 0.183 e. The van der Waals surface area contributed by atoms with Crippen molar-refractivity contribution in [2.24, 2.45) is 0 Å². The van der Waals surface area contributed by atoms with Crippen LogP contribution in [0, 0.1) is 11.3 Å². The molecule has 1 aliphatic rings. The summed E-state index contributed by atoms with van der Waals surface area (Å²) in [6, 6.07) is 4.33. The first-order valence-electron chi connectivity index (χ1n) is 6.36. The summed E-state index contributed by atoms with van der Waals surface area (Å²) < 4.78 is 0. The van der Waals surface area contributed by atoms with Crippen molar-refractivity contribution in [3.63, 3.8) is 0 Å². The quantitative estimate of drug-likeness (QED) is 0.842. The average Bonchev–Trinajstić information content (AvgIpc) is 3.02. The van der Waals surface area contributed by atoms with Gasteiger partial charge in [-0.3, -0.25) is 0 Å². The molecule has 0 radical (unpaired) electrons. The Labute approximate surface area is 116 Å². The van der Waals surface area contributed by atoms with E-state index in [-0.39, 0.29) is 0 Å². The van der Waals surface area contributed by atoms with Crippen molar-refractivity contribution in [3.05, 3.63) is 40.5 Å². The van der Waals surface area contributed by atoms with E-state index in [0.717, 1.165) is 31.7 Å². The van der Waals surface area contributed by atoms with Crippen LogP contribution in [0.2, 0.25) is 0 Å². The summed E-state index contributed by atoms with van der Waals surface area (Å²) in [6.45, 7) is 1.88. The molecule has 3 heterocycles. The van der Waals surface area contributed by atoms with Crippen LogP contribution in [0.4, 0.5) is 5.82 Å². The van der Waals surface area contributed by atoms with E-state index in [1.54, 1.807) is 23.7 Å². The molecule has 0 atom stereocenters.